The van der Waals surface area contributed by atoms with Gasteiger partial charge in [0.25, 0.3) is 0 Å². The largest absolute Gasteiger partial charge is 2.00 e. The van der Waals surface area contributed by atoms with Crippen LogP contribution in [0.2, 0.25) is 0 Å². The molecule has 2 rings (SSSR count). The van der Waals surface area contributed by atoms with Crippen LogP contribution in [-0.2, 0) is 34.1 Å². The van der Waals surface area contributed by atoms with Crippen LogP contribution in [0.15, 0.2) is 0 Å². The number of fused-ring (bicyclic) bond motifs is 3. The van der Waals surface area contributed by atoms with E-state index in [0.717, 1.165) is 52.4 Å². The van der Waals surface area contributed by atoms with Gasteiger partial charge in [0.1, 0.15) is 11.0 Å². The maximum Gasteiger partial charge on any atom is 2.00 e. The Morgan fingerprint density at radius 2 is 0.850 bits per heavy atom. The van der Waals surface area contributed by atoms with E-state index in [-0.39, 0.29) is 45.1 Å². The zero-order valence-corrected chi connectivity index (χ0v) is 15.4. The fraction of sp³-hybridized carbons (Fsp3) is 1.00. The maximum absolute atomic E-state index is 6.57. The number of hydrogen-bond acceptors (Lipinski definition) is 4. The minimum atomic E-state index is -0.0929. The second kappa shape index (κ2) is 10.3. The Morgan fingerprint density at radius 1 is 0.600 bits per heavy atom. The fourth-order valence-electron chi connectivity index (χ4n) is 2.49. The molecule has 124 valence electrons. The molecule has 0 aliphatic carbocycles. The van der Waals surface area contributed by atoms with Crippen LogP contribution in [0.5, 0.6) is 0 Å². The average Bonchev–Trinajstić information content (AvgIpc) is 2.42. The van der Waals surface area contributed by atoms with E-state index in [1.54, 1.807) is 0 Å². The summed E-state index contributed by atoms with van der Waals surface area (Å²) in [4.78, 5) is 9.36. The van der Waals surface area contributed by atoms with Crippen molar-refractivity contribution in [2.24, 2.45) is 0 Å². The Hall–Kier alpha value is 1.46. The molecular formula is C12H24Cl2Cu2N4+4. The van der Waals surface area contributed by atoms with Crippen molar-refractivity contribution in [1.82, 2.24) is 19.6 Å². The normalized spacial score (nSPS) is 37.2. The van der Waals surface area contributed by atoms with Gasteiger partial charge in [-0.1, -0.05) is 0 Å². The summed E-state index contributed by atoms with van der Waals surface area (Å²) < 4.78 is 0. The summed E-state index contributed by atoms with van der Waals surface area (Å²) in [6.45, 7) is 8.22. The van der Waals surface area contributed by atoms with Gasteiger partial charge in [-0.3, -0.25) is 9.80 Å². The van der Waals surface area contributed by atoms with Gasteiger partial charge in [0.2, 0.25) is 0 Å². The third kappa shape index (κ3) is 5.92. The van der Waals surface area contributed by atoms with E-state index in [0.29, 0.717) is 0 Å². The summed E-state index contributed by atoms with van der Waals surface area (Å²) in [5.74, 6) is 0. The first kappa shape index (κ1) is 21.5. The molecule has 0 aromatic rings. The van der Waals surface area contributed by atoms with E-state index in [4.69, 9.17) is 23.2 Å². The third-order valence-electron chi connectivity index (χ3n) is 4.00. The molecule has 0 aromatic carbocycles. The van der Waals surface area contributed by atoms with Crippen molar-refractivity contribution in [2.45, 2.75) is 11.0 Å². The van der Waals surface area contributed by atoms with E-state index in [2.05, 4.69) is 33.7 Å². The van der Waals surface area contributed by atoms with Crippen molar-refractivity contribution in [3.8, 4) is 0 Å². The van der Waals surface area contributed by atoms with Crippen LogP contribution in [0.1, 0.15) is 0 Å². The topological polar surface area (TPSA) is 13.0 Å². The van der Waals surface area contributed by atoms with Crippen molar-refractivity contribution in [3.63, 3.8) is 0 Å². The summed E-state index contributed by atoms with van der Waals surface area (Å²) in [5, 5.41) is 0. The van der Waals surface area contributed by atoms with Gasteiger partial charge in [-0.25, -0.2) is 0 Å². The molecule has 0 spiro atoms. The zero-order chi connectivity index (χ0) is 13.1. The molecule has 20 heavy (non-hydrogen) atoms. The molecule has 2 aliphatic heterocycles. The minimum absolute atomic E-state index is 0. The first-order valence-electron chi connectivity index (χ1n) is 6.71. The summed E-state index contributed by atoms with van der Waals surface area (Å²) in [7, 11) is 4.35. The van der Waals surface area contributed by atoms with Crippen LogP contribution in [0.4, 0.5) is 0 Å². The van der Waals surface area contributed by atoms with Gasteiger partial charge in [-0.05, 0) is 14.1 Å². The van der Waals surface area contributed by atoms with Gasteiger partial charge in [-0.15, -0.1) is 23.2 Å². The Bertz CT molecular complexity index is 234. The predicted molar refractivity (Wildman–Crippen MR) is 77.4 cm³/mol. The quantitative estimate of drug-likeness (QED) is 0.322. The van der Waals surface area contributed by atoms with Gasteiger partial charge < -0.3 is 9.80 Å². The van der Waals surface area contributed by atoms with E-state index < -0.39 is 0 Å². The molecule has 0 amide bonds. The Morgan fingerprint density at radius 3 is 1.10 bits per heavy atom. The smallest absolute Gasteiger partial charge is 0.304 e. The van der Waals surface area contributed by atoms with Gasteiger partial charge in [0.05, 0.1) is 0 Å². The Balaban J connectivity index is 0.00000180. The van der Waals surface area contributed by atoms with Gasteiger partial charge in [0.15, 0.2) is 0 Å². The van der Waals surface area contributed by atoms with E-state index in [9.17, 15) is 0 Å². The average molecular weight is 422 g/mol. The molecule has 4 nitrogen and oxygen atoms in total. The molecule has 2 fully saturated rings. The fourth-order valence-corrected chi connectivity index (χ4v) is 3.19. The number of rotatable bonds is 0. The molecule has 2 unspecified atom stereocenters. The number of halogens is 2. The van der Waals surface area contributed by atoms with Gasteiger partial charge in [-0.2, -0.15) is 0 Å². The van der Waals surface area contributed by atoms with Crippen molar-refractivity contribution in [2.75, 3.05) is 66.5 Å². The van der Waals surface area contributed by atoms with Crippen LogP contribution in [0.3, 0.4) is 0 Å². The summed E-state index contributed by atoms with van der Waals surface area (Å²) in [6, 6.07) is 0. The second-order valence-corrected chi connectivity index (χ2v) is 6.32. The molecule has 2 atom stereocenters. The molecule has 0 N–H and O–H groups in total. The van der Waals surface area contributed by atoms with Crippen LogP contribution in [-0.4, -0.2) is 97.1 Å². The van der Waals surface area contributed by atoms with Crippen molar-refractivity contribution in [1.29, 1.82) is 0 Å². The molecule has 2 heterocycles. The second-order valence-electron chi connectivity index (χ2n) is 5.42. The molecule has 2 radical (unpaired) electrons. The molecule has 2 aliphatic rings. The summed E-state index contributed by atoms with van der Waals surface area (Å²) >= 11 is 13.1. The van der Waals surface area contributed by atoms with Crippen LogP contribution in [0, 0.1) is 0 Å². The molecule has 2 bridgehead atoms. The number of likely N-dealkylation sites (N-methyl/N-ethyl adjacent to an activating group) is 2. The maximum atomic E-state index is 6.57. The van der Waals surface area contributed by atoms with Crippen molar-refractivity contribution in [3.05, 3.63) is 0 Å². The Kier molecular flexibility index (Phi) is 11.0. The van der Waals surface area contributed by atoms with Crippen molar-refractivity contribution >= 4 is 23.2 Å². The van der Waals surface area contributed by atoms with E-state index in [1.807, 2.05) is 0 Å². The third-order valence-corrected chi connectivity index (χ3v) is 5.16. The molecule has 0 aromatic heterocycles. The molecule has 2 saturated heterocycles. The number of nitrogens with zero attached hydrogens (tertiary/aromatic N) is 4. The number of alkyl halides is 2. The molecular weight excluding hydrogens is 398 g/mol. The monoisotopic (exact) mass is 420 g/mol. The predicted octanol–water partition coefficient (Wildman–Crippen LogP) is 0.606. The van der Waals surface area contributed by atoms with E-state index >= 15 is 0 Å². The summed E-state index contributed by atoms with van der Waals surface area (Å²) in [5.41, 5.74) is -0.186. The zero-order valence-electron chi connectivity index (χ0n) is 12.0. The first-order valence-corrected chi connectivity index (χ1v) is 7.58. The SMILES string of the molecule is CN1CCN2CCN(C)CCN(CC1)C(Cl)C2Cl.[Cu+2].[Cu+2]. The van der Waals surface area contributed by atoms with E-state index in [1.165, 1.54) is 0 Å². The molecule has 8 heteroatoms. The van der Waals surface area contributed by atoms with Gasteiger partial charge >= 0.3 is 34.1 Å². The van der Waals surface area contributed by atoms with Gasteiger partial charge in [0, 0.05) is 52.4 Å². The molecule has 0 saturated carbocycles. The standard InChI is InChI=1S/C12H24Cl2N4.2Cu/c1-15-3-7-17-9-5-16(2)6-10-18(8-4-15)12(14)11(17)13;;/h11-12H,3-10H2,1-2H3;;/q;2*+2. The van der Waals surface area contributed by atoms with Crippen LogP contribution in [0.25, 0.3) is 0 Å². The van der Waals surface area contributed by atoms with Crippen LogP contribution < -0.4 is 0 Å². The van der Waals surface area contributed by atoms with Crippen molar-refractivity contribution < 1.29 is 34.1 Å². The van der Waals surface area contributed by atoms with Crippen LogP contribution >= 0.6 is 23.2 Å². The first-order chi connectivity index (χ1) is 8.58. The summed E-state index contributed by atoms with van der Waals surface area (Å²) in [6.07, 6.45) is 0. The Labute approximate surface area is 154 Å². The number of hydrogen-bond donors (Lipinski definition) is 0. The minimum Gasteiger partial charge on any atom is -0.304 e.